The number of esters is 1. The van der Waals surface area contributed by atoms with Crippen LogP contribution in [0.5, 0.6) is 5.75 Å². The van der Waals surface area contributed by atoms with Gasteiger partial charge in [-0.3, -0.25) is 14.5 Å². The Hall–Kier alpha value is -2.73. The number of amides is 2. The molecule has 3 fully saturated rings. The van der Waals surface area contributed by atoms with Crippen molar-refractivity contribution in [1.82, 2.24) is 4.90 Å². The summed E-state index contributed by atoms with van der Waals surface area (Å²) in [5.74, 6) is -0.00218. The highest BCUT2D eigenvalue weighted by atomic mass is 79.9. The maximum atomic E-state index is 13.6. The zero-order valence-electron chi connectivity index (χ0n) is 17.3. The first-order valence-electron chi connectivity index (χ1n) is 11.1. The minimum atomic E-state index is -0.984. The Bertz CT molecular complexity index is 1090. The van der Waals surface area contributed by atoms with Gasteiger partial charge >= 0.3 is 5.97 Å². The van der Waals surface area contributed by atoms with Gasteiger partial charge in [-0.25, -0.2) is 4.79 Å². The second kappa shape index (κ2) is 7.41. The fourth-order valence-electron chi connectivity index (χ4n) is 6.09. The standard InChI is InChI=1S/C26H22BrNO4/c27-15-6-8-16(9-7-15)32-26(31)21(12-14-4-2-1-3-5-14)28-24(29)22-17-10-11-18(20-13-19(17)20)23(22)25(28)30/h1-11,17-23H,12-13H2/t17-,18-,19-,20+,21-,22+,23-/m1/s1. The molecule has 0 aromatic heterocycles. The van der Waals surface area contributed by atoms with Crippen molar-refractivity contribution in [1.29, 1.82) is 0 Å². The molecule has 4 aliphatic carbocycles. The molecule has 2 bridgehead atoms. The Morgan fingerprint density at radius 1 is 0.938 bits per heavy atom. The lowest BCUT2D eigenvalue weighted by atomic mass is 9.63. The van der Waals surface area contributed by atoms with Crippen molar-refractivity contribution in [3.8, 4) is 5.75 Å². The number of rotatable bonds is 5. The quantitative estimate of drug-likeness (QED) is 0.274. The van der Waals surface area contributed by atoms with E-state index in [1.165, 1.54) is 4.90 Å². The minimum absolute atomic E-state index is 0.122. The largest absolute Gasteiger partial charge is 0.425 e. The van der Waals surface area contributed by atoms with Crippen molar-refractivity contribution in [2.24, 2.45) is 35.5 Å². The first-order valence-corrected chi connectivity index (χ1v) is 11.9. The Morgan fingerprint density at radius 3 is 2.12 bits per heavy atom. The predicted molar refractivity (Wildman–Crippen MR) is 120 cm³/mol. The molecule has 2 amide bonds. The highest BCUT2D eigenvalue weighted by molar-refractivity contribution is 9.10. The Balaban J connectivity index is 1.33. The van der Waals surface area contributed by atoms with Crippen LogP contribution in [0, 0.1) is 35.5 Å². The van der Waals surface area contributed by atoms with Gasteiger partial charge in [0.2, 0.25) is 11.8 Å². The molecule has 1 aliphatic heterocycles. The molecule has 1 saturated heterocycles. The van der Waals surface area contributed by atoms with Crippen molar-refractivity contribution in [3.05, 3.63) is 76.8 Å². The third kappa shape index (κ3) is 3.07. The molecule has 162 valence electrons. The van der Waals surface area contributed by atoms with E-state index in [2.05, 4.69) is 28.1 Å². The number of hydrogen-bond donors (Lipinski definition) is 0. The molecule has 0 radical (unpaired) electrons. The van der Waals surface area contributed by atoms with Crippen LogP contribution in [0.15, 0.2) is 71.2 Å². The molecule has 5 aliphatic rings. The minimum Gasteiger partial charge on any atom is -0.425 e. The molecule has 7 rings (SSSR count). The summed E-state index contributed by atoms with van der Waals surface area (Å²) in [6, 6.07) is 15.4. The summed E-state index contributed by atoms with van der Waals surface area (Å²) in [5, 5.41) is 0. The molecule has 7 atom stereocenters. The number of halogens is 1. The Morgan fingerprint density at radius 2 is 1.53 bits per heavy atom. The van der Waals surface area contributed by atoms with E-state index in [4.69, 9.17) is 4.74 Å². The maximum absolute atomic E-state index is 13.6. The fourth-order valence-corrected chi connectivity index (χ4v) is 6.36. The van der Waals surface area contributed by atoms with Gasteiger partial charge < -0.3 is 4.74 Å². The molecule has 0 spiro atoms. The van der Waals surface area contributed by atoms with Gasteiger partial charge in [0.05, 0.1) is 11.8 Å². The average molecular weight is 492 g/mol. The molecular formula is C26H22BrNO4. The summed E-state index contributed by atoms with van der Waals surface area (Å²) in [5.41, 5.74) is 0.879. The van der Waals surface area contributed by atoms with Gasteiger partial charge in [0.15, 0.2) is 0 Å². The van der Waals surface area contributed by atoms with Gasteiger partial charge in [-0.05, 0) is 59.9 Å². The van der Waals surface area contributed by atoms with Gasteiger partial charge in [0, 0.05) is 10.9 Å². The van der Waals surface area contributed by atoms with Crippen LogP contribution in [0.2, 0.25) is 0 Å². The van der Waals surface area contributed by atoms with Crippen LogP contribution < -0.4 is 4.74 Å². The first kappa shape index (κ1) is 19.9. The van der Waals surface area contributed by atoms with Gasteiger partial charge in [-0.15, -0.1) is 0 Å². The second-order valence-corrected chi connectivity index (χ2v) is 10.2. The third-order valence-electron chi connectivity index (χ3n) is 7.58. The highest BCUT2D eigenvalue weighted by Gasteiger charge is 2.68. The molecule has 32 heavy (non-hydrogen) atoms. The number of hydrogen-bond acceptors (Lipinski definition) is 4. The van der Waals surface area contributed by atoms with Crippen LogP contribution in [0.3, 0.4) is 0 Å². The van der Waals surface area contributed by atoms with E-state index in [1.807, 2.05) is 30.3 Å². The van der Waals surface area contributed by atoms with E-state index >= 15 is 0 Å². The van der Waals surface area contributed by atoms with Gasteiger partial charge in [-0.2, -0.15) is 0 Å². The number of carbonyl (C=O) groups excluding carboxylic acids is 3. The molecular weight excluding hydrogens is 470 g/mol. The summed E-state index contributed by atoms with van der Waals surface area (Å²) in [6.07, 6.45) is 5.62. The monoisotopic (exact) mass is 491 g/mol. The topological polar surface area (TPSA) is 63.7 Å². The van der Waals surface area contributed by atoms with E-state index in [0.717, 1.165) is 16.5 Å². The Labute approximate surface area is 194 Å². The zero-order chi connectivity index (χ0) is 22.0. The van der Waals surface area contributed by atoms with Crippen LogP contribution >= 0.6 is 15.9 Å². The summed E-state index contributed by atoms with van der Waals surface area (Å²) < 4.78 is 6.51. The number of imide groups is 1. The maximum Gasteiger partial charge on any atom is 0.335 e. The van der Waals surface area contributed by atoms with Crippen LogP contribution in [-0.2, 0) is 20.8 Å². The predicted octanol–water partition coefficient (Wildman–Crippen LogP) is 4.02. The number of carbonyl (C=O) groups is 3. The van der Waals surface area contributed by atoms with E-state index in [0.29, 0.717) is 17.6 Å². The SMILES string of the molecule is O=C(Oc1ccc(Br)cc1)[C@@H](Cc1ccccc1)N1C(=O)[C@@H]2[C@@H]3C=C[C@H]([C@H]4C[C@@H]34)[C@@H]2C1=O. The van der Waals surface area contributed by atoms with E-state index in [1.54, 1.807) is 24.3 Å². The lowest BCUT2D eigenvalue weighted by Crippen LogP contribution is -2.48. The van der Waals surface area contributed by atoms with Crippen LogP contribution in [0.4, 0.5) is 0 Å². The fraction of sp³-hybridized carbons (Fsp3) is 0.346. The first-order chi connectivity index (χ1) is 15.5. The van der Waals surface area contributed by atoms with Crippen LogP contribution in [0.1, 0.15) is 12.0 Å². The van der Waals surface area contributed by atoms with Crippen molar-refractivity contribution >= 4 is 33.7 Å². The highest BCUT2D eigenvalue weighted by Crippen LogP contribution is 2.65. The van der Waals surface area contributed by atoms with Crippen LogP contribution in [0.25, 0.3) is 0 Å². The van der Waals surface area contributed by atoms with E-state index in [-0.39, 0.29) is 41.9 Å². The normalized spacial score (nSPS) is 32.5. The van der Waals surface area contributed by atoms with Gasteiger partial charge in [0.1, 0.15) is 11.8 Å². The molecule has 2 aromatic carbocycles. The number of allylic oxidation sites excluding steroid dienone is 2. The lowest BCUT2D eigenvalue weighted by Gasteiger charge is -2.37. The van der Waals surface area contributed by atoms with Crippen LogP contribution in [-0.4, -0.2) is 28.7 Å². The van der Waals surface area contributed by atoms with Crippen molar-refractivity contribution < 1.29 is 19.1 Å². The third-order valence-corrected chi connectivity index (χ3v) is 8.11. The van der Waals surface area contributed by atoms with Gasteiger partial charge in [-0.1, -0.05) is 58.4 Å². The average Bonchev–Trinajstić information content (AvgIpc) is 3.58. The number of nitrogens with zero attached hydrogens (tertiary/aromatic N) is 1. The second-order valence-electron chi connectivity index (χ2n) is 9.28. The summed E-state index contributed by atoms with van der Waals surface area (Å²) >= 11 is 3.37. The van der Waals surface area contributed by atoms with E-state index < -0.39 is 12.0 Å². The van der Waals surface area contributed by atoms with Gasteiger partial charge in [0.25, 0.3) is 0 Å². The summed E-state index contributed by atoms with van der Waals surface area (Å²) in [6.45, 7) is 0. The smallest absolute Gasteiger partial charge is 0.335 e. The van der Waals surface area contributed by atoms with Crippen molar-refractivity contribution in [2.75, 3.05) is 0 Å². The Kier molecular flexibility index (Phi) is 4.61. The molecule has 0 unspecified atom stereocenters. The number of benzene rings is 2. The molecule has 2 aromatic rings. The lowest BCUT2D eigenvalue weighted by molar-refractivity contribution is -0.153. The summed E-state index contributed by atoms with van der Waals surface area (Å²) in [4.78, 5) is 41.8. The number of likely N-dealkylation sites (tertiary alicyclic amines) is 1. The molecule has 1 heterocycles. The van der Waals surface area contributed by atoms with Crippen molar-refractivity contribution in [3.63, 3.8) is 0 Å². The molecule has 6 heteroatoms. The van der Waals surface area contributed by atoms with E-state index in [9.17, 15) is 14.4 Å². The molecule has 2 saturated carbocycles. The summed E-state index contributed by atoms with van der Waals surface area (Å²) in [7, 11) is 0. The molecule has 5 nitrogen and oxygen atoms in total. The number of ether oxygens (including phenoxy) is 1. The van der Waals surface area contributed by atoms with Crippen molar-refractivity contribution in [2.45, 2.75) is 18.9 Å². The zero-order valence-corrected chi connectivity index (χ0v) is 18.9. The molecule has 0 N–H and O–H groups in total.